The van der Waals surface area contributed by atoms with Gasteiger partial charge in [-0.2, -0.15) is 0 Å². The van der Waals surface area contributed by atoms with Gasteiger partial charge in [-0.1, -0.05) is 18.6 Å². The van der Waals surface area contributed by atoms with Crippen LogP contribution in [0.15, 0.2) is 24.3 Å². The Morgan fingerprint density at radius 1 is 1.14 bits per heavy atom. The molecule has 1 amide bonds. The summed E-state index contributed by atoms with van der Waals surface area (Å²) >= 11 is 0. The van der Waals surface area contributed by atoms with Gasteiger partial charge in [-0.3, -0.25) is 4.90 Å². The van der Waals surface area contributed by atoms with Crippen molar-refractivity contribution in [2.45, 2.75) is 63.1 Å². The van der Waals surface area contributed by atoms with Crippen molar-refractivity contribution in [3.05, 3.63) is 30.1 Å². The van der Waals surface area contributed by atoms with E-state index in [1.807, 2.05) is 11.0 Å². The van der Waals surface area contributed by atoms with E-state index in [4.69, 9.17) is 9.72 Å². The van der Waals surface area contributed by atoms with Crippen molar-refractivity contribution in [3.8, 4) is 0 Å². The minimum Gasteiger partial charge on any atom is -0.441 e. The highest BCUT2D eigenvalue weighted by molar-refractivity contribution is 5.75. The summed E-state index contributed by atoms with van der Waals surface area (Å²) in [5.74, 6) is 1.11. The third-order valence-corrected chi connectivity index (χ3v) is 7.00. The molecule has 1 aromatic heterocycles. The number of para-hydroxylation sites is 2. The molecule has 2 saturated heterocycles. The molecular formula is C22H30N4O2. The summed E-state index contributed by atoms with van der Waals surface area (Å²) in [6.07, 6.45) is 7.72. The number of nitrogens with zero attached hydrogens (tertiary/aromatic N) is 4. The quantitative estimate of drug-likeness (QED) is 0.812. The highest BCUT2D eigenvalue weighted by Crippen LogP contribution is 2.38. The van der Waals surface area contributed by atoms with Crippen LogP contribution in [0.1, 0.15) is 50.8 Å². The maximum Gasteiger partial charge on any atom is 0.410 e. The van der Waals surface area contributed by atoms with E-state index in [2.05, 4.69) is 34.7 Å². The number of fused-ring (bicyclic) bond motifs is 1. The van der Waals surface area contributed by atoms with E-state index in [0.717, 1.165) is 63.2 Å². The molecule has 1 saturated carbocycles. The molecule has 1 spiro atoms. The Morgan fingerprint density at radius 2 is 1.89 bits per heavy atom. The molecule has 0 atom stereocenters. The van der Waals surface area contributed by atoms with E-state index in [9.17, 15) is 4.79 Å². The molecule has 5 rings (SSSR count). The lowest BCUT2D eigenvalue weighted by Gasteiger charge is -2.36. The Kier molecular flexibility index (Phi) is 4.54. The summed E-state index contributed by atoms with van der Waals surface area (Å²) in [7, 11) is 2.10. The molecule has 0 radical (unpaired) electrons. The second-order valence-electron chi connectivity index (χ2n) is 8.82. The number of benzene rings is 1. The third kappa shape index (κ3) is 3.17. The lowest BCUT2D eigenvalue weighted by molar-refractivity contribution is 0.0259. The second-order valence-corrected chi connectivity index (χ2v) is 8.82. The van der Waals surface area contributed by atoms with Crippen LogP contribution in [0.25, 0.3) is 11.0 Å². The molecule has 28 heavy (non-hydrogen) atoms. The van der Waals surface area contributed by atoms with Gasteiger partial charge in [0.05, 0.1) is 24.1 Å². The van der Waals surface area contributed by atoms with Crippen LogP contribution in [-0.2, 0) is 18.3 Å². The molecule has 3 aliphatic rings. The lowest BCUT2D eigenvalue weighted by atomic mass is 9.84. The predicted octanol–water partition coefficient (Wildman–Crippen LogP) is 3.69. The molecule has 0 unspecified atom stereocenters. The fourth-order valence-corrected chi connectivity index (χ4v) is 5.31. The van der Waals surface area contributed by atoms with Gasteiger partial charge in [0.2, 0.25) is 0 Å². The Morgan fingerprint density at radius 3 is 2.64 bits per heavy atom. The molecule has 0 N–H and O–H groups in total. The highest BCUT2D eigenvalue weighted by atomic mass is 16.6. The number of likely N-dealkylation sites (tertiary alicyclic amines) is 1. The number of imidazole rings is 1. The largest absolute Gasteiger partial charge is 0.441 e. The average Bonchev–Trinajstić information content (AvgIpc) is 3.20. The number of piperidine rings is 1. The number of carbonyl (C=O) groups is 1. The topological polar surface area (TPSA) is 50.6 Å². The fraction of sp³-hybridized carbons (Fsp3) is 0.636. The summed E-state index contributed by atoms with van der Waals surface area (Å²) in [6, 6.07) is 8.63. The van der Waals surface area contributed by atoms with Gasteiger partial charge in [0, 0.05) is 26.2 Å². The van der Waals surface area contributed by atoms with Gasteiger partial charge in [-0.25, -0.2) is 9.78 Å². The number of ether oxygens (including phenoxy) is 1. The van der Waals surface area contributed by atoms with Crippen molar-refractivity contribution in [1.29, 1.82) is 0 Å². The molecule has 3 heterocycles. The van der Waals surface area contributed by atoms with Crippen molar-refractivity contribution in [2.75, 3.05) is 19.6 Å². The Hall–Kier alpha value is -2.08. The van der Waals surface area contributed by atoms with Gasteiger partial charge in [0.25, 0.3) is 0 Å². The first kappa shape index (κ1) is 18.0. The number of carbonyl (C=O) groups excluding carboxylic acids is 1. The predicted molar refractivity (Wildman–Crippen MR) is 108 cm³/mol. The maximum atomic E-state index is 12.5. The first-order valence-electron chi connectivity index (χ1n) is 10.8. The number of hydrogen-bond acceptors (Lipinski definition) is 4. The summed E-state index contributed by atoms with van der Waals surface area (Å²) < 4.78 is 8.09. The van der Waals surface area contributed by atoms with Crippen LogP contribution in [0.3, 0.4) is 0 Å². The summed E-state index contributed by atoms with van der Waals surface area (Å²) in [5, 5.41) is 0. The molecule has 1 aromatic carbocycles. The van der Waals surface area contributed by atoms with Crippen LogP contribution >= 0.6 is 0 Å². The van der Waals surface area contributed by atoms with Crippen LogP contribution in [0.5, 0.6) is 0 Å². The zero-order valence-electron chi connectivity index (χ0n) is 16.8. The molecule has 0 bridgehead atoms. The van der Waals surface area contributed by atoms with Crippen LogP contribution < -0.4 is 0 Å². The smallest absolute Gasteiger partial charge is 0.410 e. The van der Waals surface area contributed by atoms with Crippen LogP contribution in [-0.4, -0.2) is 56.7 Å². The van der Waals surface area contributed by atoms with Gasteiger partial charge >= 0.3 is 6.09 Å². The summed E-state index contributed by atoms with van der Waals surface area (Å²) in [6.45, 7) is 3.68. The fourth-order valence-electron chi connectivity index (χ4n) is 5.31. The van der Waals surface area contributed by atoms with Gasteiger partial charge in [-0.15, -0.1) is 0 Å². The van der Waals surface area contributed by atoms with E-state index in [1.54, 1.807) is 0 Å². The van der Waals surface area contributed by atoms with Gasteiger partial charge in [0.15, 0.2) is 0 Å². The number of aromatic nitrogens is 2. The molecule has 3 fully saturated rings. The number of rotatable bonds is 3. The molecule has 6 nitrogen and oxygen atoms in total. The van der Waals surface area contributed by atoms with Gasteiger partial charge in [0.1, 0.15) is 11.4 Å². The Labute approximate surface area is 166 Å². The highest BCUT2D eigenvalue weighted by Gasteiger charge is 2.47. The molecule has 2 aromatic rings. The van der Waals surface area contributed by atoms with E-state index >= 15 is 0 Å². The maximum absolute atomic E-state index is 12.5. The van der Waals surface area contributed by atoms with E-state index in [0.29, 0.717) is 6.04 Å². The average molecular weight is 383 g/mol. The number of amides is 1. The van der Waals surface area contributed by atoms with Crippen LogP contribution in [0.4, 0.5) is 4.79 Å². The number of aryl methyl sites for hydroxylation is 1. The van der Waals surface area contributed by atoms with Crippen LogP contribution in [0, 0.1) is 0 Å². The molecule has 1 aliphatic carbocycles. The number of hydrogen-bond donors (Lipinski definition) is 0. The van der Waals surface area contributed by atoms with E-state index in [-0.39, 0.29) is 11.7 Å². The second kappa shape index (κ2) is 7.07. The molecule has 6 heteroatoms. The SMILES string of the molecule is Cn1c(CN2CCC(N3CC4(CCCCC4)OC3=O)CC2)nc2ccccc21. The normalized spacial score (nSPS) is 23.6. The van der Waals surface area contributed by atoms with Crippen molar-refractivity contribution < 1.29 is 9.53 Å². The van der Waals surface area contributed by atoms with Crippen LogP contribution in [0.2, 0.25) is 0 Å². The van der Waals surface area contributed by atoms with Crippen molar-refractivity contribution >= 4 is 17.1 Å². The molecule has 2 aliphatic heterocycles. The zero-order valence-corrected chi connectivity index (χ0v) is 16.8. The van der Waals surface area contributed by atoms with Gasteiger partial charge < -0.3 is 14.2 Å². The van der Waals surface area contributed by atoms with Gasteiger partial charge in [-0.05, 0) is 50.7 Å². The Bertz CT molecular complexity index is 863. The molecule has 150 valence electrons. The first-order chi connectivity index (χ1) is 13.6. The first-order valence-corrected chi connectivity index (χ1v) is 10.8. The minimum atomic E-state index is -0.181. The van der Waals surface area contributed by atoms with Crippen molar-refractivity contribution in [3.63, 3.8) is 0 Å². The van der Waals surface area contributed by atoms with Crippen molar-refractivity contribution in [1.82, 2.24) is 19.4 Å². The third-order valence-electron chi connectivity index (χ3n) is 7.00. The summed E-state index contributed by atoms with van der Waals surface area (Å²) in [4.78, 5) is 21.9. The standard InChI is InChI=1S/C22H30N4O2/c1-24-19-8-4-3-7-18(19)23-20(24)15-25-13-9-17(10-14-25)26-16-22(28-21(26)27)11-5-2-6-12-22/h3-4,7-8,17H,2,5-6,9-16H2,1H3. The summed E-state index contributed by atoms with van der Waals surface area (Å²) in [5.41, 5.74) is 2.07. The lowest BCUT2D eigenvalue weighted by Crippen LogP contribution is -2.46. The monoisotopic (exact) mass is 382 g/mol. The van der Waals surface area contributed by atoms with E-state index in [1.165, 1.54) is 24.8 Å². The van der Waals surface area contributed by atoms with Crippen molar-refractivity contribution in [2.24, 2.45) is 7.05 Å². The molecular weight excluding hydrogens is 352 g/mol. The zero-order chi connectivity index (χ0) is 19.1. The van der Waals surface area contributed by atoms with E-state index < -0.39 is 0 Å². The minimum absolute atomic E-state index is 0.0734. The Balaban J connectivity index is 1.20.